The van der Waals surface area contributed by atoms with Crippen molar-refractivity contribution in [3.63, 3.8) is 0 Å². The molecule has 16 heavy (non-hydrogen) atoms. The van der Waals surface area contributed by atoms with Crippen LogP contribution in [-0.2, 0) is 0 Å². The Morgan fingerprint density at radius 3 is 2.44 bits per heavy atom. The van der Waals surface area contributed by atoms with Crippen LogP contribution in [0.25, 0.3) is 0 Å². The minimum Gasteiger partial charge on any atom is -0.392 e. The third-order valence-corrected chi connectivity index (χ3v) is 4.79. The van der Waals surface area contributed by atoms with Crippen LogP contribution in [0.5, 0.6) is 0 Å². The molecule has 2 aliphatic carbocycles. The first-order valence-electron chi connectivity index (χ1n) is 6.72. The zero-order valence-electron chi connectivity index (χ0n) is 11.3. The second-order valence-electron chi connectivity index (χ2n) is 7.04. The first-order valence-corrected chi connectivity index (χ1v) is 6.72. The van der Waals surface area contributed by atoms with E-state index < -0.39 is 0 Å². The van der Waals surface area contributed by atoms with E-state index in [-0.39, 0.29) is 16.9 Å². The molecule has 0 saturated heterocycles. The van der Waals surface area contributed by atoms with Crippen LogP contribution in [0.2, 0.25) is 0 Å². The van der Waals surface area contributed by atoms with E-state index in [1.807, 2.05) is 0 Å². The first-order chi connectivity index (χ1) is 7.33. The number of hydrogen-bond donors (Lipinski definition) is 1. The lowest BCUT2D eigenvalue weighted by molar-refractivity contribution is 0.0264. The van der Waals surface area contributed by atoms with Crippen LogP contribution >= 0.6 is 0 Å². The molecule has 0 fully saturated rings. The Hall–Kier alpha value is -0.300. The van der Waals surface area contributed by atoms with E-state index in [1.54, 1.807) is 11.1 Å². The molecular formula is C15H26O. The third kappa shape index (κ3) is 2.07. The van der Waals surface area contributed by atoms with E-state index >= 15 is 0 Å². The molecule has 1 heteroatoms. The molecule has 0 heterocycles. The highest BCUT2D eigenvalue weighted by Gasteiger charge is 2.40. The Kier molecular flexibility index (Phi) is 2.94. The standard InChI is InChI=1S/C15H26O/c1-14(2)9-8-11-6-5-7-12(11)15(3,4)13(16)10-14/h13,16H,5-10H2,1-4H3. The molecule has 0 aromatic rings. The highest BCUT2D eigenvalue weighted by molar-refractivity contribution is 5.27. The Morgan fingerprint density at radius 1 is 1.06 bits per heavy atom. The zero-order chi connectivity index (χ0) is 12.0. The molecule has 2 aliphatic rings. The van der Waals surface area contributed by atoms with Crippen molar-refractivity contribution < 1.29 is 5.11 Å². The normalized spacial score (nSPS) is 33.2. The summed E-state index contributed by atoms with van der Waals surface area (Å²) in [6.07, 6.45) is 7.07. The number of hydrogen-bond acceptors (Lipinski definition) is 1. The maximum absolute atomic E-state index is 10.5. The number of allylic oxidation sites excluding steroid dienone is 1. The van der Waals surface area contributed by atoms with Crippen molar-refractivity contribution in [1.82, 2.24) is 0 Å². The molecule has 0 aliphatic heterocycles. The lowest BCUT2D eigenvalue weighted by atomic mass is 9.67. The molecule has 2 rings (SSSR count). The van der Waals surface area contributed by atoms with Gasteiger partial charge in [0.2, 0.25) is 0 Å². The van der Waals surface area contributed by atoms with Gasteiger partial charge in [0.25, 0.3) is 0 Å². The van der Waals surface area contributed by atoms with Crippen molar-refractivity contribution in [3.05, 3.63) is 11.1 Å². The van der Waals surface area contributed by atoms with Gasteiger partial charge in [-0.1, -0.05) is 38.8 Å². The van der Waals surface area contributed by atoms with E-state index in [2.05, 4.69) is 27.7 Å². The van der Waals surface area contributed by atoms with Gasteiger partial charge in [-0.25, -0.2) is 0 Å². The number of aliphatic hydroxyl groups excluding tert-OH is 1. The van der Waals surface area contributed by atoms with Crippen molar-refractivity contribution in [2.75, 3.05) is 0 Å². The number of aliphatic hydroxyl groups is 1. The van der Waals surface area contributed by atoms with Gasteiger partial charge in [-0.3, -0.25) is 0 Å². The monoisotopic (exact) mass is 222 g/mol. The second-order valence-corrected chi connectivity index (χ2v) is 7.04. The van der Waals surface area contributed by atoms with Crippen LogP contribution in [0, 0.1) is 10.8 Å². The van der Waals surface area contributed by atoms with Crippen LogP contribution in [0.3, 0.4) is 0 Å². The summed E-state index contributed by atoms with van der Waals surface area (Å²) in [6.45, 7) is 9.07. The fourth-order valence-corrected chi connectivity index (χ4v) is 3.43. The zero-order valence-corrected chi connectivity index (χ0v) is 11.3. The van der Waals surface area contributed by atoms with Gasteiger partial charge < -0.3 is 5.11 Å². The van der Waals surface area contributed by atoms with Crippen molar-refractivity contribution in [1.29, 1.82) is 0 Å². The summed E-state index contributed by atoms with van der Waals surface area (Å²) in [5.41, 5.74) is 3.54. The third-order valence-electron chi connectivity index (χ3n) is 4.79. The predicted molar refractivity (Wildman–Crippen MR) is 68.3 cm³/mol. The molecule has 1 unspecified atom stereocenters. The molecule has 0 aromatic carbocycles. The predicted octanol–water partition coefficient (Wildman–Crippen LogP) is 4.06. The molecule has 1 nitrogen and oxygen atoms in total. The van der Waals surface area contributed by atoms with Gasteiger partial charge in [-0.05, 0) is 43.9 Å². The molecule has 92 valence electrons. The minimum atomic E-state index is -0.175. The SMILES string of the molecule is CC1(C)CCC2=C(CCC2)C(C)(C)C(O)C1. The second kappa shape index (κ2) is 3.87. The summed E-state index contributed by atoms with van der Waals surface area (Å²) in [6, 6.07) is 0. The van der Waals surface area contributed by atoms with Crippen LogP contribution in [-0.4, -0.2) is 11.2 Å². The Labute approximate surface area is 99.9 Å². The molecule has 0 bridgehead atoms. The smallest absolute Gasteiger partial charge is 0.0633 e. The van der Waals surface area contributed by atoms with Gasteiger partial charge in [-0.15, -0.1) is 0 Å². The molecule has 0 amide bonds. The van der Waals surface area contributed by atoms with Gasteiger partial charge in [0, 0.05) is 5.41 Å². The highest BCUT2D eigenvalue weighted by atomic mass is 16.3. The first kappa shape index (κ1) is 12.2. The van der Waals surface area contributed by atoms with Gasteiger partial charge >= 0.3 is 0 Å². The summed E-state index contributed by atoms with van der Waals surface area (Å²) in [7, 11) is 0. The van der Waals surface area contributed by atoms with Gasteiger partial charge in [-0.2, -0.15) is 0 Å². The van der Waals surface area contributed by atoms with Crippen molar-refractivity contribution in [2.24, 2.45) is 10.8 Å². The summed E-state index contributed by atoms with van der Waals surface area (Å²) < 4.78 is 0. The highest BCUT2D eigenvalue weighted by Crippen LogP contribution is 2.48. The van der Waals surface area contributed by atoms with E-state index in [1.165, 1.54) is 32.1 Å². The maximum Gasteiger partial charge on any atom is 0.0633 e. The quantitative estimate of drug-likeness (QED) is 0.613. The van der Waals surface area contributed by atoms with E-state index in [0.717, 1.165) is 6.42 Å². The maximum atomic E-state index is 10.5. The molecule has 0 radical (unpaired) electrons. The van der Waals surface area contributed by atoms with Gasteiger partial charge in [0.1, 0.15) is 0 Å². The lowest BCUT2D eigenvalue weighted by Gasteiger charge is -2.40. The summed E-state index contributed by atoms with van der Waals surface area (Å²) >= 11 is 0. The fraction of sp³-hybridized carbons (Fsp3) is 0.867. The molecule has 0 aromatic heterocycles. The van der Waals surface area contributed by atoms with Crippen molar-refractivity contribution in [3.8, 4) is 0 Å². The molecule has 0 saturated carbocycles. The van der Waals surface area contributed by atoms with Gasteiger partial charge in [0.05, 0.1) is 6.10 Å². The van der Waals surface area contributed by atoms with E-state index in [0.29, 0.717) is 0 Å². The lowest BCUT2D eigenvalue weighted by Crippen LogP contribution is -2.36. The van der Waals surface area contributed by atoms with Gasteiger partial charge in [0.15, 0.2) is 0 Å². The minimum absolute atomic E-state index is 0.00350. The average molecular weight is 222 g/mol. The topological polar surface area (TPSA) is 20.2 Å². The Morgan fingerprint density at radius 2 is 1.75 bits per heavy atom. The largest absolute Gasteiger partial charge is 0.392 e. The Balaban J connectivity index is 2.35. The molecule has 0 spiro atoms. The Bertz CT molecular complexity index is 309. The van der Waals surface area contributed by atoms with Crippen LogP contribution in [0.1, 0.15) is 66.2 Å². The molecular weight excluding hydrogens is 196 g/mol. The van der Waals surface area contributed by atoms with Crippen molar-refractivity contribution >= 4 is 0 Å². The van der Waals surface area contributed by atoms with Crippen molar-refractivity contribution in [2.45, 2.75) is 72.3 Å². The number of rotatable bonds is 0. The molecule has 1 N–H and O–H groups in total. The van der Waals surface area contributed by atoms with Crippen LogP contribution in [0.15, 0.2) is 11.1 Å². The van der Waals surface area contributed by atoms with Crippen LogP contribution in [0.4, 0.5) is 0 Å². The average Bonchev–Trinajstić information content (AvgIpc) is 2.61. The van der Waals surface area contributed by atoms with E-state index in [4.69, 9.17) is 0 Å². The summed E-state index contributed by atoms with van der Waals surface area (Å²) in [4.78, 5) is 0. The van der Waals surface area contributed by atoms with E-state index in [9.17, 15) is 5.11 Å². The fourth-order valence-electron chi connectivity index (χ4n) is 3.43. The van der Waals surface area contributed by atoms with Crippen LogP contribution < -0.4 is 0 Å². The summed E-state index contributed by atoms with van der Waals surface area (Å²) in [5, 5.41) is 10.5. The summed E-state index contributed by atoms with van der Waals surface area (Å²) in [5.74, 6) is 0. The molecule has 1 atom stereocenters.